The van der Waals surface area contributed by atoms with Crippen molar-refractivity contribution in [3.05, 3.63) is 27.6 Å². The molecule has 0 heterocycles. The van der Waals surface area contributed by atoms with Gasteiger partial charge in [0, 0.05) is 9.64 Å². The first-order valence-electron chi connectivity index (χ1n) is 3.22. The molecule has 0 aromatic heterocycles. The maximum atomic E-state index is 12.7. The van der Waals surface area contributed by atoms with Crippen LogP contribution in [0.3, 0.4) is 0 Å². The lowest BCUT2D eigenvalue weighted by Crippen LogP contribution is -2.05. The Morgan fingerprint density at radius 3 is 2.46 bits per heavy atom. The Kier molecular flexibility index (Phi) is 3.12. The van der Waals surface area contributed by atoms with Crippen LogP contribution < -0.4 is 4.18 Å². The molecule has 0 bridgehead atoms. The van der Waals surface area contributed by atoms with Crippen molar-refractivity contribution in [1.82, 2.24) is 0 Å². The summed E-state index contributed by atoms with van der Waals surface area (Å²) in [6.07, 6.45) is 0.908. The topological polar surface area (TPSA) is 43.4 Å². The van der Waals surface area contributed by atoms with Crippen molar-refractivity contribution in [2.24, 2.45) is 0 Å². The first kappa shape index (κ1) is 10.7. The summed E-state index contributed by atoms with van der Waals surface area (Å²) in [4.78, 5) is 0. The summed E-state index contributed by atoms with van der Waals surface area (Å²) in [6, 6.07) is 3.73. The molecule has 0 fully saturated rings. The number of hydrogen-bond acceptors (Lipinski definition) is 3. The second-order valence-corrected chi connectivity index (χ2v) is 5.21. The summed E-state index contributed by atoms with van der Waals surface area (Å²) < 4.78 is 39.1. The molecule has 0 spiro atoms. The van der Waals surface area contributed by atoms with Gasteiger partial charge in [0.25, 0.3) is 0 Å². The van der Waals surface area contributed by atoms with Crippen molar-refractivity contribution in [3.8, 4) is 5.75 Å². The van der Waals surface area contributed by atoms with Crippen molar-refractivity contribution in [1.29, 1.82) is 0 Å². The molecule has 1 aromatic carbocycles. The van der Waals surface area contributed by atoms with Crippen LogP contribution >= 0.6 is 22.6 Å². The Morgan fingerprint density at radius 1 is 1.38 bits per heavy atom. The fraction of sp³-hybridized carbons (Fsp3) is 0.143. The molecule has 13 heavy (non-hydrogen) atoms. The van der Waals surface area contributed by atoms with E-state index >= 15 is 0 Å². The van der Waals surface area contributed by atoms with Gasteiger partial charge in [-0.2, -0.15) is 8.42 Å². The lowest BCUT2D eigenvalue weighted by Gasteiger charge is -2.02. The molecular weight excluding hydrogens is 310 g/mol. The highest BCUT2D eigenvalue weighted by molar-refractivity contribution is 14.1. The van der Waals surface area contributed by atoms with E-state index in [4.69, 9.17) is 0 Å². The van der Waals surface area contributed by atoms with Gasteiger partial charge in [0.05, 0.1) is 6.26 Å². The van der Waals surface area contributed by atoms with Gasteiger partial charge in [0.1, 0.15) is 11.6 Å². The molecule has 0 aliphatic carbocycles. The van der Waals surface area contributed by atoms with Crippen LogP contribution in [0.4, 0.5) is 4.39 Å². The van der Waals surface area contributed by atoms with Gasteiger partial charge in [-0.05, 0) is 34.7 Å². The van der Waals surface area contributed by atoms with E-state index in [-0.39, 0.29) is 5.75 Å². The van der Waals surface area contributed by atoms with E-state index < -0.39 is 15.9 Å². The maximum absolute atomic E-state index is 12.7. The molecular formula is C7H6FIO3S. The molecule has 6 heteroatoms. The van der Waals surface area contributed by atoms with Crippen LogP contribution in [0.5, 0.6) is 5.75 Å². The monoisotopic (exact) mass is 316 g/mol. The fourth-order valence-electron chi connectivity index (χ4n) is 0.751. The van der Waals surface area contributed by atoms with Crippen molar-refractivity contribution in [2.45, 2.75) is 0 Å². The van der Waals surface area contributed by atoms with Gasteiger partial charge < -0.3 is 4.18 Å². The molecule has 1 rings (SSSR count). The number of halogens is 2. The summed E-state index contributed by atoms with van der Waals surface area (Å²) in [5.74, 6) is -0.530. The standard InChI is InChI=1S/C7H6FIO3S/c1-13(10,11)12-7-3-5(8)2-6(9)4-7/h2-4H,1H3. The number of benzene rings is 1. The van der Waals surface area contributed by atoms with Gasteiger partial charge in [-0.3, -0.25) is 0 Å². The van der Waals surface area contributed by atoms with Crippen LogP contribution in [0.1, 0.15) is 0 Å². The minimum atomic E-state index is -3.58. The van der Waals surface area contributed by atoms with Gasteiger partial charge in [-0.25, -0.2) is 4.39 Å². The summed E-state index contributed by atoms with van der Waals surface area (Å²) in [5, 5.41) is 0. The predicted molar refractivity (Wildman–Crippen MR) is 54.6 cm³/mol. The van der Waals surface area contributed by atoms with Crippen molar-refractivity contribution >= 4 is 32.7 Å². The summed E-state index contributed by atoms with van der Waals surface area (Å²) in [7, 11) is -3.58. The third kappa shape index (κ3) is 3.90. The van der Waals surface area contributed by atoms with E-state index in [1.165, 1.54) is 12.1 Å². The highest BCUT2D eigenvalue weighted by Gasteiger charge is 2.06. The molecule has 0 saturated heterocycles. The molecule has 0 aliphatic rings. The van der Waals surface area contributed by atoms with Gasteiger partial charge in [-0.15, -0.1) is 0 Å². The first-order chi connectivity index (χ1) is 5.87. The zero-order chi connectivity index (χ0) is 10.1. The Morgan fingerprint density at radius 2 is 2.00 bits per heavy atom. The largest absolute Gasteiger partial charge is 0.382 e. The van der Waals surface area contributed by atoms with Crippen LogP contribution in [-0.4, -0.2) is 14.7 Å². The zero-order valence-electron chi connectivity index (χ0n) is 6.62. The quantitative estimate of drug-likeness (QED) is 0.617. The smallest absolute Gasteiger partial charge is 0.306 e. The van der Waals surface area contributed by atoms with Crippen molar-refractivity contribution < 1.29 is 17.0 Å². The average Bonchev–Trinajstić information content (AvgIpc) is 1.78. The lowest BCUT2D eigenvalue weighted by molar-refractivity contribution is 0.489. The minimum Gasteiger partial charge on any atom is -0.382 e. The van der Waals surface area contributed by atoms with Gasteiger partial charge >= 0.3 is 10.1 Å². The summed E-state index contributed by atoms with van der Waals surface area (Å²) >= 11 is 1.87. The van der Waals surface area contributed by atoms with Crippen LogP contribution in [-0.2, 0) is 10.1 Å². The van der Waals surface area contributed by atoms with Crippen LogP contribution in [0.25, 0.3) is 0 Å². The third-order valence-electron chi connectivity index (χ3n) is 1.08. The third-order valence-corrected chi connectivity index (χ3v) is 2.20. The van der Waals surface area contributed by atoms with E-state index in [1.54, 1.807) is 0 Å². The second-order valence-electron chi connectivity index (χ2n) is 2.39. The molecule has 0 amide bonds. The predicted octanol–water partition coefficient (Wildman–Crippen LogP) is 1.77. The normalized spacial score (nSPS) is 11.3. The second kappa shape index (κ2) is 3.79. The molecule has 1 aromatic rings. The molecule has 0 unspecified atom stereocenters. The van der Waals surface area contributed by atoms with E-state index in [0.717, 1.165) is 12.3 Å². The highest BCUT2D eigenvalue weighted by atomic mass is 127. The Labute approximate surface area is 89.2 Å². The Balaban J connectivity index is 3.03. The maximum Gasteiger partial charge on any atom is 0.306 e. The Hall–Kier alpha value is -0.370. The lowest BCUT2D eigenvalue weighted by atomic mass is 10.3. The Bertz CT molecular complexity index is 395. The van der Waals surface area contributed by atoms with Gasteiger partial charge in [0.2, 0.25) is 0 Å². The zero-order valence-corrected chi connectivity index (χ0v) is 9.59. The molecule has 0 radical (unpaired) electrons. The van der Waals surface area contributed by atoms with Gasteiger partial charge in [-0.1, -0.05) is 0 Å². The SMILES string of the molecule is CS(=O)(=O)Oc1cc(F)cc(I)c1. The van der Waals surface area contributed by atoms with Crippen LogP contribution in [0, 0.1) is 9.39 Å². The molecule has 72 valence electrons. The van der Waals surface area contributed by atoms with Crippen LogP contribution in [0.15, 0.2) is 18.2 Å². The van der Waals surface area contributed by atoms with E-state index in [9.17, 15) is 12.8 Å². The van der Waals surface area contributed by atoms with Crippen LogP contribution in [0.2, 0.25) is 0 Å². The molecule has 0 saturated carbocycles. The minimum absolute atomic E-state index is 0.00750. The molecule has 3 nitrogen and oxygen atoms in total. The van der Waals surface area contributed by atoms with E-state index in [1.807, 2.05) is 22.6 Å². The highest BCUT2D eigenvalue weighted by Crippen LogP contribution is 2.18. The fourth-order valence-corrected chi connectivity index (χ4v) is 1.80. The first-order valence-corrected chi connectivity index (χ1v) is 6.12. The summed E-state index contributed by atoms with van der Waals surface area (Å²) in [5.41, 5.74) is 0. The summed E-state index contributed by atoms with van der Waals surface area (Å²) in [6.45, 7) is 0. The van der Waals surface area contributed by atoms with Gasteiger partial charge in [0.15, 0.2) is 0 Å². The molecule has 0 N–H and O–H groups in total. The van der Waals surface area contributed by atoms with E-state index in [2.05, 4.69) is 4.18 Å². The number of hydrogen-bond donors (Lipinski definition) is 0. The average molecular weight is 316 g/mol. The van der Waals surface area contributed by atoms with E-state index in [0.29, 0.717) is 3.57 Å². The molecule has 0 atom stereocenters. The van der Waals surface area contributed by atoms with Crippen molar-refractivity contribution in [3.63, 3.8) is 0 Å². The molecule has 0 aliphatic heterocycles. The number of rotatable bonds is 2. The van der Waals surface area contributed by atoms with Crippen molar-refractivity contribution in [2.75, 3.05) is 6.26 Å².